The normalized spacial score (nSPS) is 10.6. The van der Waals surface area contributed by atoms with E-state index in [1.165, 1.54) is 0 Å². The van der Waals surface area contributed by atoms with Crippen LogP contribution >= 0.6 is 15.9 Å². The van der Waals surface area contributed by atoms with Crippen molar-refractivity contribution in [2.24, 2.45) is 0 Å². The molecule has 0 radical (unpaired) electrons. The third-order valence-electron chi connectivity index (χ3n) is 2.44. The minimum absolute atomic E-state index is 0.846. The van der Waals surface area contributed by atoms with Crippen molar-refractivity contribution in [2.45, 2.75) is 0 Å². The van der Waals surface area contributed by atoms with Gasteiger partial charge in [0.25, 0.3) is 0 Å². The van der Waals surface area contributed by atoms with Crippen molar-refractivity contribution < 1.29 is 0 Å². The third-order valence-corrected chi connectivity index (χ3v) is 2.90. The highest BCUT2D eigenvalue weighted by Crippen LogP contribution is 2.27. The minimum atomic E-state index is 0.846. The standard InChI is InChI=1S/C12H9BrN4/c13-10-6-8(11-14-1-2-15-11)5-9(7-10)12-16-3-4-17-12/h1-7H,(H,14,15)(H,16,17). The quantitative estimate of drug-likeness (QED) is 0.761. The molecule has 0 unspecified atom stereocenters. The third kappa shape index (κ3) is 2.01. The van der Waals surface area contributed by atoms with Crippen LogP contribution in [0.4, 0.5) is 0 Å². The zero-order valence-electron chi connectivity index (χ0n) is 8.81. The second-order valence-corrected chi connectivity index (χ2v) is 4.52. The lowest BCUT2D eigenvalue weighted by molar-refractivity contribution is 1.28. The Morgan fingerprint density at radius 3 is 1.76 bits per heavy atom. The van der Waals surface area contributed by atoms with Gasteiger partial charge in [0, 0.05) is 40.4 Å². The fraction of sp³-hybridized carbons (Fsp3) is 0. The number of H-pyrrole nitrogens is 2. The predicted molar refractivity (Wildman–Crippen MR) is 69.3 cm³/mol. The van der Waals surface area contributed by atoms with E-state index < -0.39 is 0 Å². The molecule has 0 bridgehead atoms. The first kappa shape index (κ1) is 10.3. The highest BCUT2D eigenvalue weighted by molar-refractivity contribution is 9.10. The summed E-state index contributed by atoms with van der Waals surface area (Å²) < 4.78 is 0.998. The first-order valence-electron chi connectivity index (χ1n) is 5.13. The zero-order chi connectivity index (χ0) is 11.7. The molecule has 3 rings (SSSR count). The summed E-state index contributed by atoms with van der Waals surface area (Å²) in [5.74, 6) is 1.69. The van der Waals surface area contributed by atoms with Crippen molar-refractivity contribution in [3.8, 4) is 22.8 Å². The monoisotopic (exact) mass is 288 g/mol. The number of nitrogens with one attached hydrogen (secondary N) is 2. The van der Waals surface area contributed by atoms with Crippen LogP contribution in [0, 0.1) is 0 Å². The van der Waals surface area contributed by atoms with Gasteiger partial charge >= 0.3 is 0 Å². The lowest BCUT2D eigenvalue weighted by Gasteiger charge is -2.03. The van der Waals surface area contributed by atoms with Gasteiger partial charge in [-0.1, -0.05) is 15.9 Å². The van der Waals surface area contributed by atoms with E-state index >= 15 is 0 Å². The van der Waals surface area contributed by atoms with Gasteiger partial charge in [-0.15, -0.1) is 0 Å². The van der Waals surface area contributed by atoms with Gasteiger partial charge in [0.15, 0.2) is 0 Å². The average molecular weight is 289 g/mol. The fourth-order valence-corrected chi connectivity index (χ4v) is 2.20. The summed E-state index contributed by atoms with van der Waals surface area (Å²) in [4.78, 5) is 14.7. The Morgan fingerprint density at radius 2 is 1.35 bits per heavy atom. The summed E-state index contributed by atoms with van der Waals surface area (Å²) in [6, 6.07) is 6.08. The number of rotatable bonds is 2. The summed E-state index contributed by atoms with van der Waals surface area (Å²) in [6.07, 6.45) is 7.09. The van der Waals surface area contributed by atoms with Crippen molar-refractivity contribution in [3.63, 3.8) is 0 Å². The van der Waals surface area contributed by atoms with Gasteiger partial charge < -0.3 is 9.97 Å². The highest BCUT2D eigenvalue weighted by Gasteiger charge is 2.06. The summed E-state index contributed by atoms with van der Waals surface area (Å²) in [7, 11) is 0. The Kier molecular flexibility index (Phi) is 2.53. The lowest BCUT2D eigenvalue weighted by atomic mass is 10.1. The molecule has 0 fully saturated rings. The molecule has 0 saturated carbocycles. The van der Waals surface area contributed by atoms with E-state index in [9.17, 15) is 0 Å². The second-order valence-electron chi connectivity index (χ2n) is 3.60. The van der Waals surface area contributed by atoms with Crippen LogP contribution in [0.5, 0.6) is 0 Å². The smallest absolute Gasteiger partial charge is 0.137 e. The average Bonchev–Trinajstić information content (AvgIpc) is 3.02. The van der Waals surface area contributed by atoms with Crippen LogP contribution in [0.25, 0.3) is 22.8 Å². The number of nitrogens with zero attached hydrogens (tertiary/aromatic N) is 2. The van der Waals surface area contributed by atoms with Crippen LogP contribution in [0.2, 0.25) is 0 Å². The molecule has 84 valence electrons. The largest absolute Gasteiger partial charge is 0.345 e. The van der Waals surface area contributed by atoms with Crippen LogP contribution in [0.15, 0.2) is 47.5 Å². The van der Waals surface area contributed by atoms with E-state index in [0.717, 1.165) is 27.2 Å². The first-order chi connectivity index (χ1) is 8.33. The van der Waals surface area contributed by atoms with Crippen molar-refractivity contribution in [2.75, 3.05) is 0 Å². The molecule has 5 heteroatoms. The molecule has 1 aromatic carbocycles. The summed E-state index contributed by atoms with van der Waals surface area (Å²) in [5.41, 5.74) is 2.05. The van der Waals surface area contributed by atoms with Crippen molar-refractivity contribution >= 4 is 15.9 Å². The van der Waals surface area contributed by atoms with E-state index in [0.29, 0.717) is 0 Å². The van der Waals surface area contributed by atoms with Gasteiger partial charge in [-0.05, 0) is 18.2 Å². The number of imidazole rings is 2. The Hall–Kier alpha value is -1.88. The molecule has 0 aliphatic heterocycles. The van der Waals surface area contributed by atoms with Crippen LogP contribution in [0.3, 0.4) is 0 Å². The molecule has 3 aromatic rings. The van der Waals surface area contributed by atoms with Crippen molar-refractivity contribution in [3.05, 3.63) is 47.5 Å². The Bertz CT molecular complexity index is 562. The number of aromatic nitrogens is 4. The molecule has 2 aromatic heterocycles. The molecule has 0 saturated heterocycles. The van der Waals surface area contributed by atoms with Crippen LogP contribution in [-0.2, 0) is 0 Å². The molecule has 0 spiro atoms. The maximum absolute atomic E-state index is 4.24. The number of aromatic amines is 2. The molecule has 17 heavy (non-hydrogen) atoms. The number of halogens is 1. The van der Waals surface area contributed by atoms with Crippen molar-refractivity contribution in [1.29, 1.82) is 0 Å². The summed E-state index contributed by atoms with van der Waals surface area (Å²) in [5, 5.41) is 0. The SMILES string of the molecule is Brc1cc(-c2ncc[nH]2)cc(-c2ncc[nH]2)c1. The first-order valence-corrected chi connectivity index (χ1v) is 5.92. The molecular formula is C12H9BrN4. The fourth-order valence-electron chi connectivity index (χ4n) is 1.71. The maximum atomic E-state index is 4.24. The van der Waals surface area contributed by atoms with E-state index in [1.54, 1.807) is 12.4 Å². The second kappa shape index (κ2) is 4.18. The van der Waals surface area contributed by atoms with E-state index in [4.69, 9.17) is 0 Å². The lowest BCUT2D eigenvalue weighted by Crippen LogP contribution is -1.85. The van der Waals surface area contributed by atoms with Gasteiger partial charge in [0.05, 0.1) is 0 Å². The van der Waals surface area contributed by atoms with Gasteiger partial charge in [-0.2, -0.15) is 0 Å². The number of hydrogen-bond acceptors (Lipinski definition) is 2. The van der Waals surface area contributed by atoms with Gasteiger partial charge in [0.2, 0.25) is 0 Å². The Morgan fingerprint density at radius 1 is 0.824 bits per heavy atom. The molecule has 4 nitrogen and oxygen atoms in total. The van der Waals surface area contributed by atoms with Crippen LogP contribution < -0.4 is 0 Å². The Labute approximate surface area is 106 Å². The van der Waals surface area contributed by atoms with Gasteiger partial charge in [0.1, 0.15) is 11.6 Å². The number of hydrogen-bond donors (Lipinski definition) is 2. The zero-order valence-corrected chi connectivity index (χ0v) is 10.4. The minimum Gasteiger partial charge on any atom is -0.345 e. The van der Waals surface area contributed by atoms with E-state index in [1.807, 2.05) is 30.6 Å². The molecular weight excluding hydrogens is 280 g/mol. The molecule has 0 aliphatic carbocycles. The molecule has 0 atom stereocenters. The highest BCUT2D eigenvalue weighted by atomic mass is 79.9. The topological polar surface area (TPSA) is 57.4 Å². The van der Waals surface area contributed by atoms with Crippen molar-refractivity contribution in [1.82, 2.24) is 19.9 Å². The van der Waals surface area contributed by atoms with Crippen LogP contribution in [0.1, 0.15) is 0 Å². The predicted octanol–water partition coefficient (Wildman–Crippen LogP) is 3.23. The molecule has 0 amide bonds. The Balaban J connectivity index is 2.13. The molecule has 0 aliphatic rings. The maximum Gasteiger partial charge on any atom is 0.137 e. The number of benzene rings is 1. The van der Waals surface area contributed by atoms with Gasteiger partial charge in [-0.25, -0.2) is 9.97 Å². The van der Waals surface area contributed by atoms with E-state index in [2.05, 4.69) is 35.9 Å². The van der Waals surface area contributed by atoms with Crippen LogP contribution in [-0.4, -0.2) is 19.9 Å². The molecule has 2 N–H and O–H groups in total. The summed E-state index contributed by atoms with van der Waals surface area (Å²) >= 11 is 3.50. The summed E-state index contributed by atoms with van der Waals surface area (Å²) in [6.45, 7) is 0. The van der Waals surface area contributed by atoms with E-state index in [-0.39, 0.29) is 0 Å². The molecule has 2 heterocycles. The van der Waals surface area contributed by atoms with Gasteiger partial charge in [-0.3, -0.25) is 0 Å².